The van der Waals surface area contributed by atoms with Crippen molar-refractivity contribution in [2.45, 2.75) is 6.10 Å². The Morgan fingerprint density at radius 2 is 2.09 bits per heavy atom. The van der Waals surface area contributed by atoms with Gasteiger partial charge in [-0.15, -0.1) is 11.3 Å². The van der Waals surface area contributed by atoms with Crippen molar-refractivity contribution in [1.82, 2.24) is 9.97 Å². The van der Waals surface area contributed by atoms with Gasteiger partial charge in [-0.25, -0.2) is 9.97 Å². The molecule has 1 aliphatic heterocycles. The maximum absolute atomic E-state index is 6.01. The van der Waals surface area contributed by atoms with E-state index >= 15 is 0 Å². The maximum atomic E-state index is 6.01. The van der Waals surface area contributed by atoms with Crippen LogP contribution in [-0.4, -0.2) is 36.3 Å². The number of fused-ring (bicyclic) bond motifs is 2. The topological polar surface area (TPSA) is 47.5 Å². The van der Waals surface area contributed by atoms with Gasteiger partial charge in [0, 0.05) is 7.05 Å². The normalized spacial score (nSPS) is 16.7. The standard InChI is InChI=1S/C16H15N3O2S/c1-19(15-12-6-7-22-16(12)18-10-17-15)8-11-9-20-13-4-2-3-5-14(13)21-11/h2-7,10-11H,8-9H2,1H3/t11-/m1/s1. The lowest BCUT2D eigenvalue weighted by Crippen LogP contribution is -2.39. The third kappa shape index (κ3) is 2.35. The monoisotopic (exact) mass is 313 g/mol. The SMILES string of the molecule is CN(C[C@@H]1COc2ccccc2O1)c1ncnc2sccc12. The van der Waals surface area contributed by atoms with Crippen LogP contribution in [0.4, 0.5) is 5.82 Å². The molecule has 3 heterocycles. The molecule has 1 aliphatic rings. The fourth-order valence-corrected chi connectivity index (χ4v) is 3.35. The lowest BCUT2D eigenvalue weighted by atomic mass is 10.2. The number of aromatic nitrogens is 2. The number of thiophene rings is 1. The van der Waals surface area contributed by atoms with E-state index in [2.05, 4.69) is 20.9 Å². The Kier molecular flexibility index (Phi) is 3.31. The van der Waals surface area contributed by atoms with E-state index in [1.807, 2.05) is 36.7 Å². The third-order valence-electron chi connectivity index (χ3n) is 3.65. The van der Waals surface area contributed by atoms with Crippen molar-refractivity contribution in [3.8, 4) is 11.5 Å². The molecule has 0 radical (unpaired) electrons. The van der Waals surface area contributed by atoms with Crippen LogP contribution in [0.25, 0.3) is 10.2 Å². The molecule has 0 unspecified atom stereocenters. The number of likely N-dealkylation sites (N-methyl/N-ethyl adjacent to an activating group) is 1. The predicted octanol–water partition coefficient (Wildman–Crippen LogP) is 2.97. The van der Waals surface area contributed by atoms with Gasteiger partial charge in [-0.1, -0.05) is 12.1 Å². The van der Waals surface area contributed by atoms with Gasteiger partial charge in [0.1, 0.15) is 23.6 Å². The lowest BCUT2D eigenvalue weighted by Gasteiger charge is -2.30. The molecule has 112 valence electrons. The van der Waals surface area contributed by atoms with Crippen LogP contribution in [-0.2, 0) is 0 Å². The fraction of sp³-hybridized carbons (Fsp3) is 0.250. The van der Waals surface area contributed by atoms with Crippen LogP contribution in [0.15, 0.2) is 42.0 Å². The Morgan fingerprint density at radius 1 is 1.23 bits per heavy atom. The molecule has 3 aromatic rings. The second-order valence-corrected chi connectivity index (χ2v) is 6.11. The second kappa shape index (κ2) is 5.46. The highest BCUT2D eigenvalue weighted by atomic mass is 32.1. The smallest absolute Gasteiger partial charge is 0.161 e. The van der Waals surface area contributed by atoms with Crippen LogP contribution in [0, 0.1) is 0 Å². The summed E-state index contributed by atoms with van der Waals surface area (Å²) in [5, 5.41) is 3.11. The van der Waals surface area contributed by atoms with Gasteiger partial charge in [0.05, 0.1) is 11.9 Å². The molecule has 0 aliphatic carbocycles. The highest BCUT2D eigenvalue weighted by Gasteiger charge is 2.23. The van der Waals surface area contributed by atoms with Gasteiger partial charge in [0.25, 0.3) is 0 Å². The van der Waals surface area contributed by atoms with E-state index in [0.29, 0.717) is 13.2 Å². The van der Waals surface area contributed by atoms with Crippen molar-refractivity contribution < 1.29 is 9.47 Å². The van der Waals surface area contributed by atoms with E-state index in [-0.39, 0.29) is 6.10 Å². The summed E-state index contributed by atoms with van der Waals surface area (Å²) in [6, 6.07) is 9.81. The van der Waals surface area contributed by atoms with Crippen LogP contribution in [0.2, 0.25) is 0 Å². The van der Waals surface area contributed by atoms with E-state index in [4.69, 9.17) is 9.47 Å². The Bertz CT molecular complexity index is 805. The van der Waals surface area contributed by atoms with Gasteiger partial charge in [-0.2, -0.15) is 0 Å². The summed E-state index contributed by atoms with van der Waals surface area (Å²) in [5.74, 6) is 2.54. The van der Waals surface area contributed by atoms with Crippen molar-refractivity contribution in [3.05, 3.63) is 42.0 Å². The first-order valence-electron chi connectivity index (χ1n) is 7.09. The number of hydrogen-bond acceptors (Lipinski definition) is 6. The summed E-state index contributed by atoms with van der Waals surface area (Å²) < 4.78 is 11.8. The van der Waals surface area contributed by atoms with E-state index in [0.717, 1.165) is 27.5 Å². The van der Waals surface area contributed by atoms with Crippen molar-refractivity contribution >= 4 is 27.4 Å². The molecule has 0 N–H and O–H groups in total. The Balaban J connectivity index is 1.53. The van der Waals surface area contributed by atoms with Crippen molar-refractivity contribution in [2.24, 2.45) is 0 Å². The highest BCUT2D eigenvalue weighted by Crippen LogP contribution is 2.32. The number of ether oxygens (including phenoxy) is 2. The van der Waals surface area contributed by atoms with Gasteiger partial charge in [-0.05, 0) is 23.6 Å². The quantitative estimate of drug-likeness (QED) is 0.744. The van der Waals surface area contributed by atoms with E-state index in [1.54, 1.807) is 17.7 Å². The Labute approximate surface area is 132 Å². The minimum Gasteiger partial charge on any atom is -0.486 e. The first-order valence-corrected chi connectivity index (χ1v) is 7.97. The third-order valence-corrected chi connectivity index (χ3v) is 4.47. The molecular formula is C16H15N3O2S. The van der Waals surface area contributed by atoms with Crippen LogP contribution in [0.3, 0.4) is 0 Å². The number of benzene rings is 1. The minimum atomic E-state index is -0.0245. The van der Waals surface area contributed by atoms with Crippen LogP contribution < -0.4 is 14.4 Å². The van der Waals surface area contributed by atoms with E-state index < -0.39 is 0 Å². The number of nitrogens with zero attached hydrogens (tertiary/aromatic N) is 3. The molecule has 0 saturated heterocycles. The summed E-state index contributed by atoms with van der Waals surface area (Å²) in [6.07, 6.45) is 1.58. The van der Waals surface area contributed by atoms with Crippen molar-refractivity contribution in [2.75, 3.05) is 25.1 Å². The molecule has 0 amide bonds. The van der Waals surface area contributed by atoms with Gasteiger partial charge in [-0.3, -0.25) is 0 Å². The van der Waals surface area contributed by atoms with Crippen LogP contribution in [0.1, 0.15) is 0 Å². The fourth-order valence-electron chi connectivity index (χ4n) is 2.63. The van der Waals surface area contributed by atoms with Crippen molar-refractivity contribution in [1.29, 1.82) is 0 Å². The Morgan fingerprint density at radius 3 is 3.00 bits per heavy atom. The first kappa shape index (κ1) is 13.3. The molecule has 6 heteroatoms. The summed E-state index contributed by atoms with van der Waals surface area (Å²) in [5.41, 5.74) is 0. The average Bonchev–Trinajstić information content (AvgIpc) is 3.03. The zero-order valence-electron chi connectivity index (χ0n) is 12.1. The number of rotatable bonds is 3. The summed E-state index contributed by atoms with van der Waals surface area (Å²) in [4.78, 5) is 11.8. The summed E-state index contributed by atoms with van der Waals surface area (Å²) in [7, 11) is 2.02. The summed E-state index contributed by atoms with van der Waals surface area (Å²) >= 11 is 1.62. The highest BCUT2D eigenvalue weighted by molar-refractivity contribution is 7.16. The first-order chi connectivity index (χ1) is 10.8. The molecule has 0 bridgehead atoms. The van der Waals surface area contributed by atoms with Gasteiger partial charge in [0.15, 0.2) is 17.6 Å². The summed E-state index contributed by atoms with van der Waals surface area (Å²) in [6.45, 7) is 1.25. The zero-order chi connectivity index (χ0) is 14.9. The molecule has 0 fully saturated rings. The lowest BCUT2D eigenvalue weighted by molar-refractivity contribution is 0.0960. The molecule has 0 spiro atoms. The molecule has 1 atom stereocenters. The molecule has 0 saturated carbocycles. The molecule has 5 nitrogen and oxygen atoms in total. The largest absolute Gasteiger partial charge is 0.486 e. The van der Waals surface area contributed by atoms with E-state index in [1.165, 1.54) is 0 Å². The van der Waals surface area contributed by atoms with Crippen molar-refractivity contribution in [3.63, 3.8) is 0 Å². The molecule has 2 aromatic heterocycles. The minimum absolute atomic E-state index is 0.0245. The second-order valence-electron chi connectivity index (χ2n) is 5.21. The van der Waals surface area contributed by atoms with Crippen LogP contribution >= 0.6 is 11.3 Å². The van der Waals surface area contributed by atoms with Gasteiger partial charge < -0.3 is 14.4 Å². The van der Waals surface area contributed by atoms with E-state index in [9.17, 15) is 0 Å². The maximum Gasteiger partial charge on any atom is 0.161 e. The molecule has 4 rings (SSSR count). The molecular weight excluding hydrogens is 298 g/mol. The number of para-hydroxylation sites is 2. The molecule has 1 aromatic carbocycles. The Hall–Kier alpha value is -2.34. The number of hydrogen-bond donors (Lipinski definition) is 0. The van der Waals surface area contributed by atoms with Crippen LogP contribution in [0.5, 0.6) is 11.5 Å². The number of anilines is 1. The zero-order valence-corrected chi connectivity index (χ0v) is 12.9. The predicted molar refractivity (Wildman–Crippen MR) is 87.0 cm³/mol. The van der Waals surface area contributed by atoms with Gasteiger partial charge >= 0.3 is 0 Å². The van der Waals surface area contributed by atoms with Gasteiger partial charge in [0.2, 0.25) is 0 Å². The average molecular weight is 313 g/mol. The molecule has 22 heavy (non-hydrogen) atoms.